The average molecular weight is 204 g/mol. The van der Waals surface area contributed by atoms with Crippen LogP contribution < -0.4 is 0 Å². The zero-order chi connectivity index (χ0) is 10.9. The molecule has 2 nitrogen and oxygen atoms in total. The molecular formula is C6H5F5O2. The Hall–Kier alpha value is -1.14. The minimum atomic E-state index is -5.90. The number of alkyl halides is 5. The molecule has 76 valence electrons. The molecule has 13 heavy (non-hydrogen) atoms. The summed E-state index contributed by atoms with van der Waals surface area (Å²) in [4.78, 5) is 10.3. The predicted octanol–water partition coefficient (Wildman–Crippen LogP) is 2.26. The highest BCUT2D eigenvalue weighted by atomic mass is 19.4. The van der Waals surface area contributed by atoms with Crippen molar-refractivity contribution < 1.29 is 31.5 Å². The third-order valence-corrected chi connectivity index (χ3v) is 0.899. The van der Waals surface area contributed by atoms with Crippen LogP contribution in [0.15, 0.2) is 12.2 Å². The Labute approximate surface area is 70.0 Å². The van der Waals surface area contributed by atoms with Gasteiger partial charge in [-0.1, -0.05) is 6.58 Å². The molecule has 0 aliphatic carbocycles. The summed E-state index contributed by atoms with van der Waals surface area (Å²) >= 11 is 0. The maximum absolute atomic E-state index is 11.9. The summed E-state index contributed by atoms with van der Waals surface area (Å²) in [6.07, 6.45) is -11.4. The number of esters is 1. The first-order chi connectivity index (χ1) is 5.58. The smallest absolute Gasteiger partial charge is 0.390 e. The lowest BCUT2D eigenvalue weighted by molar-refractivity contribution is -0.375. The highest BCUT2D eigenvalue weighted by Crippen LogP contribution is 2.36. The van der Waals surface area contributed by atoms with Gasteiger partial charge in [0.15, 0.2) is 0 Å². The van der Waals surface area contributed by atoms with Crippen LogP contribution in [0.3, 0.4) is 0 Å². The van der Waals surface area contributed by atoms with Crippen molar-refractivity contribution in [3.63, 3.8) is 0 Å². The molecule has 0 aliphatic heterocycles. The van der Waals surface area contributed by atoms with Crippen molar-refractivity contribution in [1.29, 1.82) is 0 Å². The summed E-state index contributed by atoms with van der Waals surface area (Å²) in [6, 6.07) is 0. The molecule has 0 rings (SSSR count). The van der Waals surface area contributed by atoms with Crippen LogP contribution in [0, 0.1) is 0 Å². The minimum absolute atomic E-state index is 0.538. The van der Waals surface area contributed by atoms with Crippen LogP contribution in [0.25, 0.3) is 0 Å². The molecule has 0 N–H and O–H groups in total. The molecule has 0 spiro atoms. The van der Waals surface area contributed by atoms with E-state index in [2.05, 4.69) is 11.3 Å². The fraction of sp³-hybridized carbons (Fsp3) is 0.500. The molecular weight excluding hydrogens is 199 g/mol. The molecule has 0 aromatic rings. The van der Waals surface area contributed by atoms with Crippen LogP contribution in [0.2, 0.25) is 0 Å². The molecule has 0 amide bonds. The maximum atomic E-state index is 11.9. The summed E-state index contributed by atoms with van der Waals surface area (Å²) in [6.45, 7) is 3.80. The Balaban J connectivity index is 4.53. The number of ether oxygens (including phenoxy) is 1. The van der Waals surface area contributed by atoms with Crippen LogP contribution in [0.5, 0.6) is 0 Å². The van der Waals surface area contributed by atoms with E-state index >= 15 is 0 Å². The monoisotopic (exact) mass is 204 g/mol. The molecule has 0 fully saturated rings. The van der Waals surface area contributed by atoms with Crippen LogP contribution >= 0.6 is 0 Å². The SMILES string of the molecule is C=C(C)C(=O)OC(F)(F)C(F)(F)F. The van der Waals surface area contributed by atoms with Gasteiger partial charge in [-0.3, -0.25) is 0 Å². The zero-order valence-electron chi connectivity index (χ0n) is 6.41. The van der Waals surface area contributed by atoms with Crippen LogP contribution in [-0.4, -0.2) is 18.3 Å². The van der Waals surface area contributed by atoms with E-state index in [0.717, 1.165) is 6.92 Å². The van der Waals surface area contributed by atoms with Crippen molar-refractivity contribution in [2.75, 3.05) is 0 Å². The van der Waals surface area contributed by atoms with Crippen molar-refractivity contribution in [1.82, 2.24) is 0 Å². The molecule has 0 radical (unpaired) electrons. The standard InChI is InChI=1S/C6H5F5O2/c1-3(2)4(12)13-6(10,11)5(7,8)9/h1H2,2H3. The van der Waals surface area contributed by atoms with E-state index in [-0.39, 0.29) is 0 Å². The highest BCUT2D eigenvalue weighted by molar-refractivity contribution is 5.87. The summed E-state index contributed by atoms with van der Waals surface area (Å²) in [5, 5.41) is 0. The van der Waals surface area contributed by atoms with Gasteiger partial charge in [0.2, 0.25) is 0 Å². The number of carbonyl (C=O) groups is 1. The van der Waals surface area contributed by atoms with Crippen molar-refractivity contribution >= 4 is 5.97 Å². The maximum Gasteiger partial charge on any atom is 0.501 e. The van der Waals surface area contributed by atoms with Gasteiger partial charge < -0.3 is 4.74 Å². The molecule has 0 aromatic heterocycles. The lowest BCUT2D eigenvalue weighted by atomic mass is 10.4. The second-order valence-electron chi connectivity index (χ2n) is 2.18. The lowest BCUT2D eigenvalue weighted by Gasteiger charge is -2.18. The van der Waals surface area contributed by atoms with Crippen LogP contribution in [-0.2, 0) is 9.53 Å². The predicted molar refractivity (Wildman–Crippen MR) is 31.9 cm³/mol. The number of carbonyl (C=O) groups excluding carboxylic acids is 1. The van der Waals surface area contributed by atoms with Gasteiger partial charge in [-0.15, -0.1) is 0 Å². The minimum Gasteiger partial charge on any atom is -0.390 e. The number of hydrogen-bond donors (Lipinski definition) is 0. The van der Waals surface area contributed by atoms with E-state index in [1.165, 1.54) is 0 Å². The van der Waals surface area contributed by atoms with E-state index < -0.39 is 23.8 Å². The van der Waals surface area contributed by atoms with Crippen molar-refractivity contribution in [3.8, 4) is 0 Å². The van der Waals surface area contributed by atoms with Gasteiger partial charge in [0, 0.05) is 5.57 Å². The van der Waals surface area contributed by atoms with Gasteiger partial charge in [-0.05, 0) is 6.92 Å². The van der Waals surface area contributed by atoms with E-state index in [4.69, 9.17) is 0 Å². The van der Waals surface area contributed by atoms with Crippen molar-refractivity contribution in [2.24, 2.45) is 0 Å². The zero-order valence-corrected chi connectivity index (χ0v) is 6.41. The summed E-state index contributed by atoms with van der Waals surface area (Å²) in [5.41, 5.74) is -0.538. The molecule has 0 bridgehead atoms. The first-order valence-electron chi connectivity index (χ1n) is 2.91. The van der Waals surface area contributed by atoms with Gasteiger partial charge in [-0.2, -0.15) is 22.0 Å². The highest BCUT2D eigenvalue weighted by Gasteiger charge is 2.62. The lowest BCUT2D eigenvalue weighted by Crippen LogP contribution is -2.40. The summed E-state index contributed by atoms with van der Waals surface area (Å²) in [5.74, 6) is -1.79. The second kappa shape index (κ2) is 3.31. The first-order valence-corrected chi connectivity index (χ1v) is 2.91. The van der Waals surface area contributed by atoms with Gasteiger partial charge in [0.1, 0.15) is 0 Å². The number of halogens is 5. The Bertz CT molecular complexity index is 230. The van der Waals surface area contributed by atoms with Gasteiger partial charge in [0.05, 0.1) is 0 Å². The third kappa shape index (κ3) is 3.00. The fourth-order valence-corrected chi connectivity index (χ4v) is 0.261. The molecule has 0 aromatic carbocycles. The summed E-state index contributed by atoms with van der Waals surface area (Å²) in [7, 11) is 0. The summed E-state index contributed by atoms with van der Waals surface area (Å²) < 4.78 is 60.9. The molecule has 0 heterocycles. The quantitative estimate of drug-likeness (QED) is 0.391. The van der Waals surface area contributed by atoms with E-state index in [1.54, 1.807) is 0 Å². The van der Waals surface area contributed by atoms with Crippen molar-refractivity contribution in [2.45, 2.75) is 19.2 Å². The van der Waals surface area contributed by atoms with Gasteiger partial charge in [-0.25, -0.2) is 4.79 Å². The Morgan fingerprint density at radius 1 is 1.23 bits per heavy atom. The van der Waals surface area contributed by atoms with Gasteiger partial charge >= 0.3 is 18.3 Å². The van der Waals surface area contributed by atoms with Crippen LogP contribution in [0.4, 0.5) is 22.0 Å². The van der Waals surface area contributed by atoms with Gasteiger partial charge in [0.25, 0.3) is 0 Å². The van der Waals surface area contributed by atoms with E-state index in [0.29, 0.717) is 0 Å². The molecule has 0 aliphatic rings. The Morgan fingerprint density at radius 3 is 1.85 bits per heavy atom. The topological polar surface area (TPSA) is 26.3 Å². The second-order valence-corrected chi connectivity index (χ2v) is 2.18. The molecule has 0 saturated heterocycles. The van der Waals surface area contributed by atoms with E-state index in [1.807, 2.05) is 0 Å². The largest absolute Gasteiger partial charge is 0.501 e. The average Bonchev–Trinajstić information content (AvgIpc) is 1.83. The molecule has 0 saturated carbocycles. The number of rotatable bonds is 2. The third-order valence-electron chi connectivity index (χ3n) is 0.899. The molecule has 0 unspecified atom stereocenters. The Morgan fingerprint density at radius 2 is 1.62 bits per heavy atom. The Kier molecular flexibility index (Phi) is 3.02. The van der Waals surface area contributed by atoms with Crippen LogP contribution in [0.1, 0.15) is 6.92 Å². The normalized spacial score (nSPS) is 12.5. The van der Waals surface area contributed by atoms with E-state index in [9.17, 15) is 26.7 Å². The molecule has 0 atom stereocenters. The van der Waals surface area contributed by atoms with Crippen molar-refractivity contribution in [3.05, 3.63) is 12.2 Å². The number of hydrogen-bond acceptors (Lipinski definition) is 2. The first kappa shape index (κ1) is 11.9. The molecule has 7 heteroatoms. The fourth-order valence-electron chi connectivity index (χ4n) is 0.261.